The number of hydrogen-bond donors (Lipinski definition) is 0. The van der Waals surface area contributed by atoms with Crippen LogP contribution in [0.25, 0.3) is 231 Å². The van der Waals surface area contributed by atoms with Crippen LogP contribution in [0, 0.1) is 6.92 Å². The molecule has 662 valence electrons. The van der Waals surface area contributed by atoms with E-state index in [1.165, 1.54) is 254 Å². The Morgan fingerprint density at radius 3 is 1.38 bits per heavy atom. The molecule has 36 rings (SSSR count). The molecule has 10 heteroatoms. The van der Waals surface area contributed by atoms with Crippen LogP contribution in [0.1, 0.15) is 72.6 Å². The van der Waals surface area contributed by atoms with Gasteiger partial charge < -0.3 is 32.0 Å². The van der Waals surface area contributed by atoms with Crippen molar-refractivity contribution >= 4 is 249 Å². The summed E-state index contributed by atoms with van der Waals surface area (Å²) in [6.45, 7) is 7.26. The van der Waals surface area contributed by atoms with E-state index >= 15 is 0 Å². The lowest BCUT2D eigenvalue weighted by Crippen LogP contribution is -2.59. The standard InChI is InChI=1S/C51H38BN3.C44H25BN2.C38H23BN2/c1-51(2,31-15-5-3-6-16-31)32-25-26-40-46(27-32)54-43-23-13-10-20-35(43)38-28-39-36-21-11-14-24-44(36)55-47-29-37-34-19-9-12-22-42(34)53(33-17-7-4-8-18-33)45(37)30-41(47)52(40)48(49(38)54)50(39)55;1-2-13-27(14-3-1)39-40-30-16-6-9-19-35(30)46-37-21-11-8-18-33(37)45-34-24-28-23-22-26-12-4-5-15-29(26)32(28)25-38(34)47-36-20-10-7-17-31(36)41(39)44(47)42(45)43(40)46;1-21-32-24-13-2-5-17-29(24)40-31-19-7-4-16-27(31)39-28-20-23-12-8-10-22-11-9-15-26(34(22)23)36(28)41-30-18-6-3-14-25(30)33(21)38(41)35(39)37(32)40/h3-8,10-11,13-18,20-21,23-30H,9,12,19,22H2,1-2H3;1-25H;2-14,16-20H,15H2,1H3/i;1D,2D,3D,13D,14D;. The van der Waals surface area contributed by atoms with Crippen molar-refractivity contribution in [3.63, 3.8) is 0 Å². The van der Waals surface area contributed by atoms with Crippen molar-refractivity contribution in [1.82, 2.24) is 32.0 Å². The average molecular weight is 1820 g/mol. The van der Waals surface area contributed by atoms with Crippen LogP contribution in [0.4, 0.5) is 0 Å². The number of fused-ring (bicyclic) bond motifs is 43. The molecule has 0 saturated heterocycles. The summed E-state index contributed by atoms with van der Waals surface area (Å²) in [7, 11) is 0. The minimum Gasteiger partial charge on any atom is -0.313 e. The summed E-state index contributed by atoms with van der Waals surface area (Å²) in [5, 5.41) is 23.6. The van der Waals surface area contributed by atoms with E-state index in [-0.39, 0.29) is 55.3 Å². The molecular formula is C133H86B3N7. The Kier molecular flexibility index (Phi) is 14.2. The van der Waals surface area contributed by atoms with Gasteiger partial charge in [0.2, 0.25) is 0 Å². The first-order chi connectivity index (χ1) is 72.8. The number of benzene rings is 21. The van der Waals surface area contributed by atoms with Crippen LogP contribution in [0.2, 0.25) is 0 Å². The average Bonchev–Trinajstić information content (AvgIpc) is 1.47. The van der Waals surface area contributed by atoms with Gasteiger partial charge in [0.1, 0.15) is 0 Å². The van der Waals surface area contributed by atoms with Gasteiger partial charge in [-0.2, -0.15) is 0 Å². The Morgan fingerprint density at radius 2 is 0.748 bits per heavy atom. The lowest BCUT2D eigenvalue weighted by Gasteiger charge is -2.35. The Hall–Kier alpha value is -17.3. The summed E-state index contributed by atoms with van der Waals surface area (Å²) in [5.41, 5.74) is 47.7. The fraction of sp³-hybridized carbons (Fsp3) is 0.0677. The van der Waals surface area contributed by atoms with Crippen LogP contribution in [-0.4, -0.2) is 52.1 Å². The van der Waals surface area contributed by atoms with Crippen molar-refractivity contribution in [2.45, 2.75) is 58.3 Å². The third-order valence-corrected chi connectivity index (χ3v) is 34.7. The van der Waals surface area contributed by atoms with Crippen molar-refractivity contribution in [2.24, 2.45) is 0 Å². The third-order valence-electron chi connectivity index (χ3n) is 34.7. The first-order valence-corrected chi connectivity index (χ1v) is 50.8. The van der Waals surface area contributed by atoms with Gasteiger partial charge in [0.15, 0.2) is 0 Å². The van der Waals surface area contributed by atoms with Gasteiger partial charge in [-0.1, -0.05) is 329 Å². The zero-order chi connectivity index (χ0) is 97.4. The second kappa shape index (κ2) is 27.8. The number of para-hydroxylation sites is 9. The molecule has 0 amide bonds. The molecule has 13 heterocycles. The van der Waals surface area contributed by atoms with Gasteiger partial charge in [-0.3, -0.25) is 0 Å². The molecule has 6 aliphatic heterocycles. The van der Waals surface area contributed by atoms with Gasteiger partial charge in [-0.25, -0.2) is 0 Å². The molecule has 0 N–H and O–H groups in total. The maximum absolute atomic E-state index is 9.33. The van der Waals surface area contributed by atoms with E-state index in [4.69, 9.17) is 4.11 Å². The van der Waals surface area contributed by atoms with E-state index in [0.717, 1.165) is 74.2 Å². The lowest BCUT2D eigenvalue weighted by molar-refractivity contribution is 0.640. The highest BCUT2D eigenvalue weighted by atomic mass is 15.1. The molecule has 0 spiro atoms. The maximum atomic E-state index is 9.33. The molecule has 8 aliphatic rings. The van der Waals surface area contributed by atoms with E-state index < -0.39 is 6.04 Å². The summed E-state index contributed by atoms with van der Waals surface area (Å²) < 4.78 is 62.6. The number of allylic oxidation sites excluding steroid dienone is 1. The van der Waals surface area contributed by atoms with E-state index in [1.54, 1.807) is 5.56 Å². The zero-order valence-corrected chi connectivity index (χ0v) is 78.7. The van der Waals surface area contributed by atoms with Crippen LogP contribution >= 0.6 is 0 Å². The summed E-state index contributed by atoms with van der Waals surface area (Å²) >= 11 is 0. The number of aromatic nitrogens is 7. The van der Waals surface area contributed by atoms with Gasteiger partial charge >= 0.3 is 0 Å². The molecule has 0 radical (unpaired) electrons. The van der Waals surface area contributed by atoms with Crippen molar-refractivity contribution in [2.75, 3.05) is 0 Å². The number of nitrogens with zero attached hydrogens (tertiary/aromatic N) is 7. The van der Waals surface area contributed by atoms with Crippen LogP contribution in [0.5, 0.6) is 0 Å². The Balaban J connectivity index is 0.0000000958. The Labute approximate surface area is 831 Å². The number of hydrogen-bond acceptors (Lipinski definition) is 0. The molecule has 143 heavy (non-hydrogen) atoms. The van der Waals surface area contributed by atoms with Crippen LogP contribution < -0.4 is 49.2 Å². The fourth-order valence-electron chi connectivity index (χ4n) is 29.0. The van der Waals surface area contributed by atoms with Crippen LogP contribution in [0.15, 0.2) is 400 Å². The van der Waals surface area contributed by atoms with Crippen LogP contribution in [-0.2, 0) is 24.7 Å². The van der Waals surface area contributed by atoms with Gasteiger partial charge in [0.25, 0.3) is 20.1 Å². The summed E-state index contributed by atoms with van der Waals surface area (Å²) in [5.74, 6) is 0. The first kappa shape index (κ1) is 72.9. The molecule has 21 aromatic carbocycles. The smallest absolute Gasteiger partial charge is 0.252 e. The highest BCUT2D eigenvalue weighted by Crippen LogP contribution is 2.53. The highest BCUT2D eigenvalue weighted by Gasteiger charge is 2.48. The topological polar surface area (TPSA) is 34.5 Å². The second-order valence-electron chi connectivity index (χ2n) is 41.6. The first-order valence-electron chi connectivity index (χ1n) is 53.3. The molecule has 0 fully saturated rings. The van der Waals surface area contributed by atoms with Crippen molar-refractivity contribution in [1.29, 1.82) is 0 Å². The largest absolute Gasteiger partial charge is 0.313 e. The SMILES string of the molecule is CC(C)(c1ccccc1)c1ccc2c(c1)-n1c3ccccc3c3cc4c5ccccc5n5c4c(c31)B2c1cc2c(cc1-5)c1c(n2-c2ccccc2)CCCC1.Cc1c2c3ccccc3n3c2c2c4c1c1ccccc1n4-c1c(cc4cccc5c4c1CC=C5)B2c1ccccc1-3.[2H]c1c([2H])c([2H])c(-c2c3c4ccccc4n4c3c3c5c2c2ccccc2n5-c2cc5c(ccc6ccccc65)cc2B3c2ccccc2-4)c([2H])c1[2H]. The fourth-order valence-corrected chi connectivity index (χ4v) is 29.0. The van der Waals surface area contributed by atoms with Crippen molar-refractivity contribution in [3.05, 3.63) is 439 Å². The van der Waals surface area contributed by atoms with Gasteiger partial charge in [-0.05, 0) is 250 Å². The van der Waals surface area contributed by atoms with E-state index in [1.807, 2.05) is 12.1 Å². The number of rotatable bonds is 4. The number of aryl methyl sites for hydroxylation is 2. The second-order valence-corrected chi connectivity index (χ2v) is 41.6. The van der Waals surface area contributed by atoms with E-state index in [2.05, 4.69) is 417 Å². The molecule has 28 aromatic rings. The lowest BCUT2D eigenvalue weighted by atomic mass is 9.34. The summed E-state index contributed by atoms with van der Waals surface area (Å²) in [6.07, 6.45) is 10.4. The molecule has 0 saturated carbocycles. The molecular weight excluding hydrogens is 1730 g/mol. The van der Waals surface area contributed by atoms with Gasteiger partial charge in [0.05, 0.1) is 78.6 Å². The predicted molar refractivity (Wildman–Crippen MR) is 607 cm³/mol. The molecule has 0 bridgehead atoms. The summed E-state index contributed by atoms with van der Waals surface area (Å²) in [6, 6.07) is 134. The van der Waals surface area contributed by atoms with Crippen molar-refractivity contribution in [3.8, 4) is 50.9 Å². The highest BCUT2D eigenvalue weighted by molar-refractivity contribution is 7.02. The molecule has 2 aliphatic carbocycles. The van der Waals surface area contributed by atoms with Crippen LogP contribution in [0.3, 0.4) is 0 Å². The van der Waals surface area contributed by atoms with E-state index in [9.17, 15) is 2.74 Å². The zero-order valence-electron chi connectivity index (χ0n) is 83.7. The van der Waals surface area contributed by atoms with Gasteiger partial charge in [-0.15, -0.1) is 0 Å². The monoisotopic (exact) mass is 1820 g/mol. The minimum atomic E-state index is -0.392. The molecule has 7 aromatic heterocycles. The van der Waals surface area contributed by atoms with Gasteiger partial charge in [0, 0.05) is 127 Å². The predicted octanol–water partition coefficient (Wildman–Crippen LogP) is 26.2. The Bertz CT molecular complexity index is 11100. The molecule has 7 nitrogen and oxygen atoms in total. The molecule has 0 atom stereocenters. The Morgan fingerprint density at radius 1 is 0.287 bits per heavy atom. The summed E-state index contributed by atoms with van der Waals surface area (Å²) in [4.78, 5) is 0. The normalized spacial score (nSPS) is 14.4. The maximum Gasteiger partial charge on any atom is 0.252 e. The van der Waals surface area contributed by atoms with Crippen molar-refractivity contribution < 1.29 is 6.85 Å². The molecule has 0 unspecified atom stereocenters. The third kappa shape index (κ3) is 9.75. The quantitative estimate of drug-likeness (QED) is 0.124. The minimum absolute atomic E-state index is 0.0827. The van der Waals surface area contributed by atoms with E-state index in [0.29, 0.717) is 5.56 Å².